The van der Waals surface area contributed by atoms with Crippen LogP contribution in [0.25, 0.3) is 0 Å². The lowest BCUT2D eigenvalue weighted by molar-refractivity contribution is -0.137. The zero-order chi connectivity index (χ0) is 24.3. The van der Waals surface area contributed by atoms with Crippen LogP contribution in [0.15, 0.2) is 65.4 Å². The number of aromatic nitrogens is 1. The summed E-state index contributed by atoms with van der Waals surface area (Å²) < 4.78 is 46.4. The molecule has 0 atom stereocenters. The number of amides is 3. The summed E-state index contributed by atoms with van der Waals surface area (Å²) in [4.78, 5) is 29.2. The molecule has 1 fully saturated rings. The summed E-state index contributed by atoms with van der Waals surface area (Å²) in [7, 11) is 1.88. The molecule has 0 bridgehead atoms. The maximum absolute atomic E-state index is 13.3. The van der Waals surface area contributed by atoms with E-state index in [0.717, 1.165) is 30.7 Å². The first-order chi connectivity index (χ1) is 16.2. The topological polar surface area (TPSA) is 70.7 Å². The van der Waals surface area contributed by atoms with Crippen molar-refractivity contribution in [1.82, 2.24) is 14.4 Å². The highest BCUT2D eigenvalue weighted by Crippen LogP contribution is 2.31. The molecule has 1 aliphatic rings. The van der Waals surface area contributed by atoms with Crippen LogP contribution in [0.3, 0.4) is 0 Å². The molecule has 0 aliphatic heterocycles. The Bertz CT molecular complexity index is 1140. The van der Waals surface area contributed by atoms with E-state index < -0.39 is 17.8 Å². The van der Waals surface area contributed by atoms with Gasteiger partial charge in [0.15, 0.2) is 0 Å². The van der Waals surface area contributed by atoms with E-state index in [0.29, 0.717) is 12.3 Å². The van der Waals surface area contributed by atoms with E-state index in [1.165, 1.54) is 23.3 Å². The fourth-order valence-corrected chi connectivity index (χ4v) is 3.65. The molecule has 1 aromatic carbocycles. The number of nitrogens with zero attached hydrogens (tertiary/aromatic N) is 3. The number of urea groups is 1. The van der Waals surface area contributed by atoms with E-state index in [1.807, 2.05) is 29.9 Å². The zero-order valence-corrected chi connectivity index (χ0v) is 18.6. The number of hydrogen-bond acceptors (Lipinski definition) is 3. The third kappa shape index (κ3) is 5.81. The third-order valence-corrected chi connectivity index (χ3v) is 5.68. The second-order valence-electron chi connectivity index (χ2n) is 8.31. The Balaban J connectivity index is 1.48. The van der Waals surface area contributed by atoms with Gasteiger partial charge in [0, 0.05) is 30.7 Å². The number of halogens is 3. The van der Waals surface area contributed by atoms with Crippen LogP contribution < -0.4 is 5.32 Å². The summed E-state index contributed by atoms with van der Waals surface area (Å²) >= 11 is 0. The lowest BCUT2D eigenvalue weighted by Gasteiger charge is -2.27. The van der Waals surface area contributed by atoms with Gasteiger partial charge in [-0.05, 0) is 55.3 Å². The summed E-state index contributed by atoms with van der Waals surface area (Å²) in [5.74, 6) is 0.317. The quantitative estimate of drug-likeness (QED) is 0.507. The van der Waals surface area contributed by atoms with Crippen molar-refractivity contribution < 1.29 is 27.2 Å². The minimum atomic E-state index is -4.52. The molecule has 3 aromatic rings. The molecule has 0 unspecified atom stereocenters. The number of benzene rings is 1. The number of carbonyl (C=O) groups is 2. The number of rotatable bonds is 8. The van der Waals surface area contributed by atoms with Gasteiger partial charge >= 0.3 is 12.2 Å². The lowest BCUT2D eigenvalue weighted by atomic mass is 10.2. The molecule has 1 saturated carbocycles. The molecular formula is C24H25F3N4O3. The van der Waals surface area contributed by atoms with Crippen molar-refractivity contribution in [1.29, 1.82) is 0 Å². The van der Waals surface area contributed by atoms with Gasteiger partial charge in [0.2, 0.25) is 5.91 Å². The van der Waals surface area contributed by atoms with Crippen LogP contribution in [0.2, 0.25) is 0 Å². The Morgan fingerprint density at radius 1 is 1.12 bits per heavy atom. The monoisotopic (exact) mass is 474 g/mol. The fraction of sp³-hybridized carbons (Fsp3) is 0.333. The van der Waals surface area contributed by atoms with Crippen molar-refractivity contribution in [2.75, 3.05) is 11.9 Å². The highest BCUT2D eigenvalue weighted by atomic mass is 19.4. The van der Waals surface area contributed by atoms with Crippen LogP contribution in [0.5, 0.6) is 0 Å². The normalized spacial score (nSPS) is 13.5. The SMILES string of the molecule is Cn1cccc1CN(Cc1ccco1)C(=O)CN(C(=O)Nc1cccc(C(F)(F)F)c1)C1CC1. The van der Waals surface area contributed by atoms with E-state index in [4.69, 9.17) is 4.42 Å². The van der Waals surface area contributed by atoms with Gasteiger partial charge in [-0.15, -0.1) is 0 Å². The Kier molecular flexibility index (Phi) is 6.67. The van der Waals surface area contributed by atoms with Crippen LogP contribution in [-0.2, 0) is 31.1 Å². The predicted molar refractivity (Wildman–Crippen MR) is 119 cm³/mol. The molecule has 2 heterocycles. The molecule has 10 heteroatoms. The zero-order valence-electron chi connectivity index (χ0n) is 18.6. The van der Waals surface area contributed by atoms with E-state index in [9.17, 15) is 22.8 Å². The maximum atomic E-state index is 13.3. The molecule has 180 valence electrons. The number of aryl methyl sites for hydroxylation is 1. The van der Waals surface area contributed by atoms with Crippen molar-refractivity contribution in [2.24, 2.45) is 7.05 Å². The Morgan fingerprint density at radius 2 is 1.91 bits per heavy atom. The van der Waals surface area contributed by atoms with Crippen molar-refractivity contribution in [2.45, 2.75) is 38.1 Å². The molecule has 2 aromatic heterocycles. The van der Waals surface area contributed by atoms with Gasteiger partial charge in [0.25, 0.3) is 0 Å². The first-order valence-electron chi connectivity index (χ1n) is 10.9. The van der Waals surface area contributed by atoms with Crippen LogP contribution in [0.4, 0.5) is 23.7 Å². The number of hydrogen-bond donors (Lipinski definition) is 1. The van der Waals surface area contributed by atoms with E-state index in [1.54, 1.807) is 17.0 Å². The summed E-state index contributed by atoms with van der Waals surface area (Å²) in [5.41, 5.74) is 0.0759. The molecule has 34 heavy (non-hydrogen) atoms. The first-order valence-corrected chi connectivity index (χ1v) is 10.9. The number of carbonyl (C=O) groups excluding carboxylic acids is 2. The highest BCUT2D eigenvalue weighted by molar-refractivity contribution is 5.93. The van der Waals surface area contributed by atoms with E-state index >= 15 is 0 Å². The van der Waals surface area contributed by atoms with Gasteiger partial charge < -0.3 is 24.1 Å². The summed E-state index contributed by atoms with van der Waals surface area (Å²) in [6.07, 6.45) is 0.359. The second kappa shape index (κ2) is 9.66. The van der Waals surface area contributed by atoms with Crippen molar-refractivity contribution in [3.05, 3.63) is 78.0 Å². The average molecular weight is 474 g/mol. The Hall–Kier alpha value is -3.69. The van der Waals surface area contributed by atoms with Crippen LogP contribution in [0.1, 0.15) is 29.9 Å². The second-order valence-corrected chi connectivity index (χ2v) is 8.31. The molecule has 0 radical (unpaired) electrons. The molecule has 0 spiro atoms. The van der Waals surface area contributed by atoms with Crippen molar-refractivity contribution in [3.8, 4) is 0 Å². The van der Waals surface area contributed by atoms with Gasteiger partial charge in [-0.2, -0.15) is 13.2 Å². The number of nitrogens with one attached hydrogen (secondary N) is 1. The highest BCUT2D eigenvalue weighted by Gasteiger charge is 2.36. The molecule has 1 N–H and O–H groups in total. The summed E-state index contributed by atoms with van der Waals surface area (Å²) in [5, 5.41) is 2.51. The molecule has 0 saturated heterocycles. The predicted octanol–water partition coefficient (Wildman–Crippen LogP) is 4.86. The smallest absolute Gasteiger partial charge is 0.416 e. The molecule has 1 aliphatic carbocycles. The van der Waals surface area contributed by atoms with Gasteiger partial charge in [0.05, 0.1) is 24.9 Å². The third-order valence-electron chi connectivity index (χ3n) is 5.68. The largest absolute Gasteiger partial charge is 0.467 e. The minimum Gasteiger partial charge on any atom is -0.467 e. The van der Waals surface area contributed by atoms with Gasteiger partial charge in [0.1, 0.15) is 12.3 Å². The standard InChI is InChI=1S/C24H25F3N4O3/c1-29-11-3-7-20(29)14-30(15-21-8-4-12-34-21)22(32)16-31(19-9-10-19)23(33)28-18-6-2-5-17(13-18)24(25,26)27/h2-8,11-13,19H,9-10,14-16H2,1H3,(H,28,33). The average Bonchev–Trinajstić information content (AvgIpc) is 3.34. The molecular weight excluding hydrogens is 449 g/mol. The Morgan fingerprint density at radius 3 is 2.53 bits per heavy atom. The van der Waals surface area contributed by atoms with Crippen LogP contribution >= 0.6 is 0 Å². The Labute approximate surface area is 194 Å². The van der Waals surface area contributed by atoms with Gasteiger partial charge in [-0.1, -0.05) is 6.07 Å². The lowest BCUT2D eigenvalue weighted by Crippen LogP contribution is -2.45. The van der Waals surface area contributed by atoms with Crippen LogP contribution in [0, 0.1) is 0 Å². The molecule has 3 amide bonds. The fourth-order valence-electron chi connectivity index (χ4n) is 3.65. The molecule has 7 nitrogen and oxygen atoms in total. The first kappa shape index (κ1) is 23.5. The van der Waals surface area contributed by atoms with E-state index in [2.05, 4.69) is 5.32 Å². The van der Waals surface area contributed by atoms with Crippen LogP contribution in [-0.4, -0.2) is 38.9 Å². The maximum Gasteiger partial charge on any atom is 0.416 e. The minimum absolute atomic E-state index is 0.0224. The van der Waals surface area contributed by atoms with Crippen molar-refractivity contribution >= 4 is 17.6 Å². The van der Waals surface area contributed by atoms with Gasteiger partial charge in [-0.3, -0.25) is 4.79 Å². The summed E-state index contributed by atoms with van der Waals surface area (Å²) in [6, 6.07) is 11.0. The number of alkyl halides is 3. The van der Waals surface area contributed by atoms with Crippen molar-refractivity contribution in [3.63, 3.8) is 0 Å². The van der Waals surface area contributed by atoms with E-state index in [-0.39, 0.29) is 30.7 Å². The molecule has 4 rings (SSSR count). The summed E-state index contributed by atoms with van der Waals surface area (Å²) in [6.45, 7) is 0.349. The number of furan rings is 1. The number of anilines is 1. The van der Waals surface area contributed by atoms with Gasteiger partial charge in [-0.25, -0.2) is 4.79 Å².